The second-order valence-electron chi connectivity index (χ2n) is 2.80. The first kappa shape index (κ1) is 12.6. The number of thiophene rings is 1. The Kier molecular flexibility index (Phi) is 4.87. The smallest absolute Gasteiger partial charge is 0.327 e. The highest BCUT2D eigenvalue weighted by atomic mass is 32.1. The van der Waals surface area contributed by atoms with Crippen molar-refractivity contribution in [3.05, 3.63) is 21.6 Å². The molecule has 88 valence electrons. The Bertz CT molecular complexity index is 376. The highest BCUT2D eigenvalue weighted by Crippen LogP contribution is 2.28. The molecule has 0 aromatic carbocycles. The van der Waals surface area contributed by atoms with Crippen molar-refractivity contribution in [1.29, 1.82) is 0 Å². The molecule has 16 heavy (non-hydrogen) atoms. The zero-order valence-corrected chi connectivity index (χ0v) is 9.49. The van der Waals surface area contributed by atoms with Crippen molar-refractivity contribution in [2.24, 2.45) is 0 Å². The molecule has 0 spiro atoms. The van der Waals surface area contributed by atoms with E-state index >= 15 is 0 Å². The summed E-state index contributed by atoms with van der Waals surface area (Å²) in [5.41, 5.74) is 0. The van der Waals surface area contributed by atoms with Gasteiger partial charge in [-0.2, -0.15) is 0 Å². The topological polar surface area (TPSA) is 78.7 Å². The van der Waals surface area contributed by atoms with Crippen LogP contribution >= 0.6 is 11.3 Å². The van der Waals surface area contributed by atoms with Crippen LogP contribution < -0.4 is 4.74 Å². The van der Waals surface area contributed by atoms with Crippen molar-refractivity contribution in [1.82, 2.24) is 0 Å². The van der Waals surface area contributed by atoms with E-state index in [1.54, 1.807) is 0 Å². The van der Waals surface area contributed by atoms with Crippen LogP contribution in [0.2, 0.25) is 0 Å². The molecule has 0 fully saturated rings. The van der Waals surface area contributed by atoms with E-state index in [4.69, 9.17) is 9.47 Å². The van der Waals surface area contributed by atoms with Crippen LogP contribution in [0.1, 0.15) is 13.3 Å². The molecule has 0 N–H and O–H groups in total. The molecule has 0 amide bonds. The van der Waals surface area contributed by atoms with Gasteiger partial charge in [-0.25, -0.2) is 0 Å². The van der Waals surface area contributed by atoms with Crippen molar-refractivity contribution in [2.75, 3.05) is 13.2 Å². The lowest BCUT2D eigenvalue weighted by molar-refractivity contribution is -0.380. The van der Waals surface area contributed by atoms with Gasteiger partial charge in [0.25, 0.3) is 0 Å². The summed E-state index contributed by atoms with van der Waals surface area (Å²) in [4.78, 5) is 21.0. The summed E-state index contributed by atoms with van der Waals surface area (Å²) in [5.74, 6) is -0.251. The van der Waals surface area contributed by atoms with Crippen LogP contribution in [0.25, 0.3) is 0 Å². The van der Waals surface area contributed by atoms with Gasteiger partial charge in [0.1, 0.15) is 5.75 Å². The fraction of sp³-hybridized carbons (Fsp3) is 0.444. The lowest BCUT2D eigenvalue weighted by Gasteiger charge is -2.01. The third-order valence-electron chi connectivity index (χ3n) is 1.63. The van der Waals surface area contributed by atoms with Crippen LogP contribution in [0.4, 0.5) is 5.00 Å². The molecule has 0 atom stereocenters. The normalized spacial score (nSPS) is 10.1. The zero-order chi connectivity index (χ0) is 12.0. The number of nitro groups is 1. The molecule has 0 saturated heterocycles. The molecule has 1 heterocycles. The lowest BCUT2D eigenvalue weighted by Crippen LogP contribution is -2.10. The lowest BCUT2D eigenvalue weighted by atomic mass is 10.4. The molecular weight excluding hydrogens is 234 g/mol. The second kappa shape index (κ2) is 6.19. The summed E-state index contributed by atoms with van der Waals surface area (Å²) < 4.78 is 9.86. The number of hydrogen-bond donors (Lipinski definition) is 0. The average Bonchev–Trinajstić information content (AvgIpc) is 2.66. The first-order valence-corrected chi connectivity index (χ1v) is 5.52. The van der Waals surface area contributed by atoms with Crippen molar-refractivity contribution in [2.45, 2.75) is 13.3 Å². The molecule has 0 bridgehead atoms. The summed E-state index contributed by atoms with van der Waals surface area (Å²) in [6.45, 7) is 2.66. The molecule has 6 nitrogen and oxygen atoms in total. The fourth-order valence-electron chi connectivity index (χ4n) is 0.940. The molecule has 1 aromatic heterocycles. The maximum atomic E-state index is 11.2. The molecule has 0 aliphatic carbocycles. The van der Waals surface area contributed by atoms with Gasteiger partial charge < -0.3 is 9.47 Å². The molecule has 0 aliphatic heterocycles. The van der Waals surface area contributed by atoms with Gasteiger partial charge >= 0.3 is 11.0 Å². The van der Waals surface area contributed by atoms with Gasteiger partial charge in [-0.3, -0.25) is 14.9 Å². The van der Waals surface area contributed by atoms with Gasteiger partial charge in [-0.1, -0.05) is 11.3 Å². The van der Waals surface area contributed by atoms with Crippen molar-refractivity contribution < 1.29 is 19.2 Å². The van der Waals surface area contributed by atoms with Gasteiger partial charge in [0.15, 0.2) is 0 Å². The van der Waals surface area contributed by atoms with Crippen molar-refractivity contribution >= 4 is 22.3 Å². The second-order valence-corrected chi connectivity index (χ2v) is 3.69. The Balaban J connectivity index is 2.40. The number of hydrogen-bond acceptors (Lipinski definition) is 6. The summed E-state index contributed by atoms with van der Waals surface area (Å²) in [6, 6.07) is 1.23. The summed E-state index contributed by atoms with van der Waals surface area (Å²) >= 11 is 0.920. The number of esters is 1. The molecule has 0 saturated carbocycles. The van der Waals surface area contributed by atoms with E-state index in [0.29, 0.717) is 13.2 Å². The van der Waals surface area contributed by atoms with Crippen molar-refractivity contribution in [3.8, 4) is 5.75 Å². The van der Waals surface area contributed by atoms with Crippen LogP contribution in [0, 0.1) is 10.1 Å². The Morgan fingerprint density at radius 3 is 2.94 bits per heavy atom. The number of nitrogens with zero attached hydrogens (tertiary/aromatic N) is 1. The molecule has 1 aromatic rings. The van der Waals surface area contributed by atoms with Crippen LogP contribution in [-0.2, 0) is 9.53 Å². The minimum absolute atomic E-state index is 0.0485. The Morgan fingerprint density at radius 2 is 2.38 bits per heavy atom. The fourth-order valence-corrected chi connectivity index (χ4v) is 1.56. The average molecular weight is 245 g/mol. The SMILES string of the molecule is CCOCCC(=O)Oc1csc([N+](=O)[O-])c1. The van der Waals surface area contributed by atoms with Gasteiger partial charge in [0.2, 0.25) is 0 Å². The van der Waals surface area contributed by atoms with Gasteiger partial charge in [-0.05, 0) is 6.92 Å². The molecule has 0 radical (unpaired) electrons. The van der Waals surface area contributed by atoms with E-state index in [9.17, 15) is 14.9 Å². The van der Waals surface area contributed by atoms with E-state index in [1.165, 1.54) is 11.4 Å². The monoisotopic (exact) mass is 245 g/mol. The molecule has 7 heteroatoms. The maximum Gasteiger partial charge on any atom is 0.327 e. The van der Waals surface area contributed by atoms with Crippen LogP contribution in [-0.4, -0.2) is 24.1 Å². The first-order valence-electron chi connectivity index (χ1n) is 4.64. The quantitative estimate of drug-likeness (QED) is 0.331. The van der Waals surface area contributed by atoms with Gasteiger partial charge in [0, 0.05) is 12.0 Å². The molecule has 0 aliphatic rings. The highest BCUT2D eigenvalue weighted by molar-refractivity contribution is 7.13. The standard InChI is InChI=1S/C9H11NO5S/c1-2-14-4-3-9(11)15-7-5-8(10(12)13)16-6-7/h5-6H,2-4H2,1H3. The van der Waals surface area contributed by atoms with E-state index in [0.717, 1.165) is 11.3 Å². The zero-order valence-electron chi connectivity index (χ0n) is 8.67. The van der Waals surface area contributed by atoms with Gasteiger partial charge in [-0.15, -0.1) is 0 Å². The third kappa shape index (κ3) is 3.95. The summed E-state index contributed by atoms with van der Waals surface area (Å²) in [7, 11) is 0. The van der Waals surface area contributed by atoms with Crippen LogP contribution in [0.15, 0.2) is 11.4 Å². The largest absolute Gasteiger partial charge is 0.425 e. The Morgan fingerprint density at radius 1 is 1.62 bits per heavy atom. The minimum Gasteiger partial charge on any atom is -0.425 e. The predicted octanol–water partition coefficient (Wildman–Crippen LogP) is 1.99. The predicted molar refractivity (Wildman–Crippen MR) is 57.7 cm³/mol. The first-order chi connectivity index (χ1) is 7.63. The number of carbonyl (C=O) groups is 1. The Labute approximate surface area is 95.9 Å². The Hall–Kier alpha value is -1.47. The van der Waals surface area contributed by atoms with Gasteiger partial charge in [0.05, 0.1) is 24.0 Å². The highest BCUT2D eigenvalue weighted by Gasteiger charge is 2.13. The van der Waals surface area contributed by atoms with E-state index in [1.807, 2.05) is 6.92 Å². The van der Waals surface area contributed by atoms with E-state index in [-0.39, 0.29) is 17.2 Å². The number of ether oxygens (including phenoxy) is 2. The molecular formula is C9H11NO5S. The number of rotatable bonds is 6. The van der Waals surface area contributed by atoms with Crippen LogP contribution in [0.3, 0.4) is 0 Å². The summed E-state index contributed by atoms with van der Waals surface area (Å²) in [6.07, 6.45) is 0.136. The molecule has 0 unspecified atom stereocenters. The third-order valence-corrected chi connectivity index (χ3v) is 2.49. The van der Waals surface area contributed by atoms with E-state index in [2.05, 4.69) is 0 Å². The van der Waals surface area contributed by atoms with E-state index < -0.39 is 10.9 Å². The van der Waals surface area contributed by atoms with Crippen molar-refractivity contribution in [3.63, 3.8) is 0 Å². The number of carbonyl (C=O) groups excluding carboxylic acids is 1. The summed E-state index contributed by atoms with van der Waals surface area (Å²) in [5, 5.41) is 11.7. The van der Waals surface area contributed by atoms with Crippen LogP contribution in [0.5, 0.6) is 5.75 Å². The maximum absolute atomic E-state index is 11.2. The molecule has 1 rings (SSSR count). The minimum atomic E-state index is -0.526.